The first kappa shape index (κ1) is 59.1. The van der Waals surface area contributed by atoms with Gasteiger partial charge in [0, 0.05) is 75.8 Å². The molecule has 4 atom stereocenters. The highest BCUT2D eigenvalue weighted by Gasteiger charge is 2.40. The molecule has 2 unspecified atom stereocenters. The summed E-state index contributed by atoms with van der Waals surface area (Å²) >= 11 is 2.35. The van der Waals surface area contributed by atoms with Crippen molar-refractivity contribution in [3.63, 3.8) is 0 Å². The molecule has 16 nitrogen and oxygen atoms in total. The van der Waals surface area contributed by atoms with E-state index < -0.39 is 75.5 Å². The van der Waals surface area contributed by atoms with Crippen molar-refractivity contribution < 1.29 is 43.9 Å². The van der Waals surface area contributed by atoms with Gasteiger partial charge in [-0.3, -0.25) is 0 Å². The number of aliphatic hydroxyl groups is 2. The molecule has 0 radical (unpaired) electrons. The molecule has 0 aliphatic carbocycles. The van der Waals surface area contributed by atoms with Gasteiger partial charge in [-0.15, -0.1) is 22.7 Å². The van der Waals surface area contributed by atoms with E-state index in [1.165, 1.54) is 52.4 Å². The molecule has 0 bridgehead atoms. The van der Waals surface area contributed by atoms with E-state index >= 15 is 0 Å². The van der Waals surface area contributed by atoms with Gasteiger partial charge in [0.15, 0.2) is 0 Å². The van der Waals surface area contributed by atoms with Crippen LogP contribution < -0.4 is 9.80 Å². The Morgan fingerprint density at radius 2 is 0.829 bits per heavy atom. The number of sulfonamides is 4. The van der Waals surface area contributed by atoms with Crippen LogP contribution in [0.25, 0.3) is 0 Å². The third-order valence-electron chi connectivity index (χ3n) is 13.9. The molecule has 0 saturated carbocycles. The Hall–Kier alpha value is -4.56. The number of rotatable bonds is 18. The SMILES string of the molecule is CC(c1ccccc1)N(C[C@H]1CN(S(=O)(=O)c2cccs2)CCN1c1ccc(C(C)(C)O)cc1)S(C)(=O)=O.CC(c1ccccc1)N(C[C@H]1CN(S(=O)(=O)c2cccs2)CCN1c1ccc(C(C)(C)O)cc1)S(C)(=O)=O. The summed E-state index contributed by atoms with van der Waals surface area (Å²) in [5, 5.41) is 24.2. The van der Waals surface area contributed by atoms with Crippen molar-refractivity contribution in [2.75, 3.05) is 74.7 Å². The van der Waals surface area contributed by atoms with E-state index in [4.69, 9.17) is 0 Å². The van der Waals surface area contributed by atoms with Crippen molar-refractivity contribution >= 4 is 74.1 Å². The molecule has 0 amide bonds. The van der Waals surface area contributed by atoms with Gasteiger partial charge < -0.3 is 20.0 Å². The standard InChI is InChI=1S/2C27H35N3O5S3/c2*1-21(22-9-6-5-7-10-22)30(37(4,32)33)20-25-19-28(38(34,35)26-11-8-18-36-26)16-17-29(25)24-14-12-23(13-15-24)27(2,3)31/h2*5-15,18,21,25,31H,16-17,19-20H2,1-4H3/t2*21?,25-/m11/s1. The number of thiophene rings is 2. The minimum atomic E-state index is -3.70. The topological polar surface area (TPSA) is 196 Å². The Morgan fingerprint density at radius 3 is 1.11 bits per heavy atom. The number of anilines is 2. The molecular formula is C54H70N6O10S6. The Kier molecular flexibility index (Phi) is 18.5. The van der Waals surface area contributed by atoms with Crippen LogP contribution in [0.4, 0.5) is 11.4 Å². The van der Waals surface area contributed by atoms with Crippen LogP contribution in [0.15, 0.2) is 153 Å². The summed E-state index contributed by atoms with van der Waals surface area (Å²) in [4.78, 5) is 4.15. The Bertz CT molecular complexity index is 3060. The van der Waals surface area contributed by atoms with E-state index in [0.717, 1.165) is 33.6 Å². The summed E-state index contributed by atoms with van der Waals surface area (Å²) < 4.78 is 112. The summed E-state index contributed by atoms with van der Waals surface area (Å²) in [6.45, 7) is 12.4. The van der Waals surface area contributed by atoms with E-state index in [0.29, 0.717) is 13.1 Å². The molecule has 4 heterocycles. The van der Waals surface area contributed by atoms with Crippen molar-refractivity contribution in [2.24, 2.45) is 0 Å². The average Bonchev–Trinajstić information content (AvgIpc) is 4.14. The minimum Gasteiger partial charge on any atom is -0.386 e. The van der Waals surface area contributed by atoms with Crippen molar-refractivity contribution in [3.05, 3.63) is 166 Å². The third-order valence-corrected chi connectivity index (χ3v) is 23.1. The molecule has 2 aliphatic heterocycles. The van der Waals surface area contributed by atoms with Gasteiger partial charge >= 0.3 is 0 Å². The van der Waals surface area contributed by atoms with Crippen molar-refractivity contribution in [1.29, 1.82) is 0 Å². The molecule has 22 heteroatoms. The first-order chi connectivity index (χ1) is 35.6. The number of hydrogen-bond donors (Lipinski definition) is 2. The molecule has 2 aliphatic rings. The van der Waals surface area contributed by atoms with Crippen LogP contribution >= 0.6 is 22.7 Å². The lowest BCUT2D eigenvalue weighted by molar-refractivity contribution is 0.0780. The highest BCUT2D eigenvalue weighted by Crippen LogP contribution is 2.34. The number of hydrogen-bond acceptors (Lipinski definition) is 14. The highest BCUT2D eigenvalue weighted by molar-refractivity contribution is 7.91. The summed E-state index contributed by atoms with van der Waals surface area (Å²) in [6, 6.07) is 38.7. The normalized spacial score (nSPS) is 18.6. The summed E-state index contributed by atoms with van der Waals surface area (Å²) in [7, 11) is -14.7. The zero-order valence-corrected chi connectivity index (χ0v) is 49.0. The van der Waals surface area contributed by atoms with Gasteiger partial charge in [0.25, 0.3) is 20.0 Å². The lowest BCUT2D eigenvalue weighted by atomic mass is 9.98. The quantitative estimate of drug-likeness (QED) is 0.0851. The van der Waals surface area contributed by atoms with Crippen LogP contribution in [0.5, 0.6) is 0 Å². The van der Waals surface area contributed by atoms with Gasteiger partial charge in [0.2, 0.25) is 20.0 Å². The van der Waals surface area contributed by atoms with Crippen LogP contribution in [-0.4, -0.2) is 138 Å². The Labute approximate surface area is 458 Å². The van der Waals surface area contributed by atoms with Crippen LogP contribution in [0.2, 0.25) is 0 Å². The van der Waals surface area contributed by atoms with E-state index in [2.05, 4.69) is 9.80 Å². The lowest BCUT2D eigenvalue weighted by Gasteiger charge is -2.44. The second kappa shape index (κ2) is 23.8. The first-order valence-electron chi connectivity index (χ1n) is 24.9. The predicted molar refractivity (Wildman–Crippen MR) is 305 cm³/mol. The zero-order valence-electron chi connectivity index (χ0n) is 44.1. The smallest absolute Gasteiger partial charge is 0.252 e. The van der Waals surface area contributed by atoms with Crippen LogP contribution in [0.3, 0.4) is 0 Å². The number of piperazine rings is 2. The second-order valence-electron chi connectivity index (χ2n) is 20.3. The van der Waals surface area contributed by atoms with Gasteiger partial charge in [0.05, 0.1) is 35.8 Å². The molecule has 76 heavy (non-hydrogen) atoms. The van der Waals surface area contributed by atoms with Gasteiger partial charge in [-0.05, 0) is 111 Å². The molecule has 8 rings (SSSR count). The zero-order chi connectivity index (χ0) is 55.4. The van der Waals surface area contributed by atoms with E-state index in [1.807, 2.05) is 123 Å². The number of nitrogens with zero attached hydrogens (tertiary/aromatic N) is 6. The third kappa shape index (κ3) is 14.2. The average molecular weight is 1160 g/mol. The van der Waals surface area contributed by atoms with Crippen molar-refractivity contribution in [3.8, 4) is 0 Å². The van der Waals surface area contributed by atoms with Gasteiger partial charge in [-0.2, -0.15) is 17.2 Å². The predicted octanol–water partition coefficient (Wildman–Crippen LogP) is 7.76. The Morgan fingerprint density at radius 1 is 0.500 bits per heavy atom. The second-order valence-corrected chi connectivity index (χ2v) is 30.4. The fourth-order valence-corrected chi connectivity index (χ4v) is 17.2. The minimum absolute atomic E-state index is 0.110. The molecule has 2 aromatic heterocycles. The Balaban J connectivity index is 0.000000221. The lowest BCUT2D eigenvalue weighted by Crippen LogP contribution is -2.59. The molecule has 2 fully saturated rings. The maximum atomic E-state index is 13.4. The highest BCUT2D eigenvalue weighted by atomic mass is 32.3. The van der Waals surface area contributed by atoms with Gasteiger partial charge in [0.1, 0.15) is 8.42 Å². The summed E-state index contributed by atoms with van der Waals surface area (Å²) in [5.74, 6) is 0. The maximum Gasteiger partial charge on any atom is 0.252 e. The first-order valence-corrected chi connectivity index (χ1v) is 33.2. The molecule has 0 spiro atoms. The molecular weight excluding hydrogens is 1090 g/mol. The fourth-order valence-electron chi connectivity index (χ4n) is 9.65. The van der Waals surface area contributed by atoms with E-state index in [9.17, 15) is 43.9 Å². The maximum absolute atomic E-state index is 13.4. The summed E-state index contributed by atoms with van der Waals surface area (Å²) in [5.41, 5.74) is 2.93. The van der Waals surface area contributed by atoms with Crippen molar-refractivity contribution in [1.82, 2.24) is 17.2 Å². The molecule has 412 valence electrons. The van der Waals surface area contributed by atoms with Crippen LogP contribution in [-0.2, 0) is 51.3 Å². The van der Waals surface area contributed by atoms with Crippen LogP contribution in [0.1, 0.15) is 75.9 Å². The van der Waals surface area contributed by atoms with E-state index in [1.54, 1.807) is 62.7 Å². The van der Waals surface area contributed by atoms with Crippen LogP contribution in [0, 0.1) is 0 Å². The summed E-state index contributed by atoms with van der Waals surface area (Å²) in [6.07, 6.45) is 2.38. The molecule has 2 N–H and O–H groups in total. The largest absolute Gasteiger partial charge is 0.386 e. The fraction of sp³-hybridized carbons (Fsp3) is 0.407. The van der Waals surface area contributed by atoms with Gasteiger partial charge in [-0.1, -0.05) is 97.1 Å². The van der Waals surface area contributed by atoms with Gasteiger partial charge in [-0.25, -0.2) is 33.7 Å². The van der Waals surface area contributed by atoms with Crippen molar-refractivity contribution in [2.45, 2.75) is 85.3 Å². The molecule has 6 aromatic rings. The van der Waals surface area contributed by atoms with E-state index in [-0.39, 0.29) is 47.7 Å². The molecule has 4 aromatic carbocycles. The number of benzene rings is 4. The molecule has 2 saturated heterocycles. The monoisotopic (exact) mass is 1150 g/mol.